The predicted octanol–water partition coefficient (Wildman–Crippen LogP) is 3.26. The number of ether oxygens (including phenoxy) is 1. The third kappa shape index (κ3) is 5.73. The first kappa shape index (κ1) is 14.0. The van der Waals surface area contributed by atoms with Crippen LogP contribution in [0.3, 0.4) is 0 Å². The monoisotopic (exact) mass is 235 g/mol. The zero-order valence-electron chi connectivity index (χ0n) is 11.3. The molecule has 0 spiro atoms. The molecule has 1 rings (SSSR count). The van der Waals surface area contributed by atoms with E-state index in [9.17, 15) is 0 Å². The predicted molar refractivity (Wildman–Crippen MR) is 73.6 cm³/mol. The molecule has 96 valence electrons. The minimum atomic E-state index is 0.771. The number of rotatable bonds is 8. The van der Waals surface area contributed by atoms with Gasteiger partial charge in [-0.2, -0.15) is 0 Å². The van der Waals surface area contributed by atoms with Gasteiger partial charge in [0, 0.05) is 0 Å². The molecule has 2 heteroatoms. The molecule has 0 radical (unpaired) electrons. The van der Waals surface area contributed by atoms with Crippen LogP contribution in [-0.2, 0) is 6.42 Å². The highest BCUT2D eigenvalue weighted by Gasteiger charge is 2.01. The summed E-state index contributed by atoms with van der Waals surface area (Å²) in [6, 6.07) is 8.40. The van der Waals surface area contributed by atoms with Crippen LogP contribution in [0.25, 0.3) is 0 Å². The second-order valence-electron chi connectivity index (χ2n) is 4.65. The van der Waals surface area contributed by atoms with Crippen LogP contribution in [0.1, 0.15) is 32.3 Å². The molecule has 0 aliphatic heterocycles. The zero-order valence-corrected chi connectivity index (χ0v) is 11.3. The van der Waals surface area contributed by atoms with Crippen LogP contribution < -0.4 is 10.1 Å². The molecule has 1 unspecified atom stereocenters. The van der Waals surface area contributed by atoms with Gasteiger partial charge in [-0.3, -0.25) is 0 Å². The van der Waals surface area contributed by atoms with Gasteiger partial charge in [0.1, 0.15) is 5.75 Å². The number of benzene rings is 1. The van der Waals surface area contributed by atoms with Gasteiger partial charge in [0.15, 0.2) is 0 Å². The second-order valence-corrected chi connectivity index (χ2v) is 4.65. The molecule has 1 N–H and O–H groups in total. The lowest BCUT2D eigenvalue weighted by Crippen LogP contribution is -2.20. The number of aryl methyl sites for hydroxylation is 1. The van der Waals surface area contributed by atoms with E-state index in [1.54, 1.807) is 7.11 Å². The summed E-state index contributed by atoms with van der Waals surface area (Å²) in [5.41, 5.74) is 1.40. The van der Waals surface area contributed by atoms with Crippen molar-refractivity contribution in [1.29, 1.82) is 0 Å². The molecular weight excluding hydrogens is 210 g/mol. The van der Waals surface area contributed by atoms with Gasteiger partial charge in [0.25, 0.3) is 0 Å². The number of nitrogens with one attached hydrogen (secondary N) is 1. The molecule has 1 atom stereocenters. The van der Waals surface area contributed by atoms with Gasteiger partial charge in [-0.15, -0.1) is 0 Å². The Hall–Kier alpha value is -1.02. The SMILES string of the molecule is CCNCC(C)CCCc1ccc(OC)cc1. The molecule has 0 heterocycles. The van der Waals surface area contributed by atoms with E-state index in [0.29, 0.717) is 0 Å². The second kappa shape index (κ2) is 8.13. The molecule has 2 nitrogen and oxygen atoms in total. The number of hydrogen-bond acceptors (Lipinski definition) is 2. The Morgan fingerprint density at radius 2 is 1.94 bits per heavy atom. The van der Waals surface area contributed by atoms with Crippen LogP contribution in [0, 0.1) is 5.92 Å². The van der Waals surface area contributed by atoms with Crippen LogP contribution in [0.15, 0.2) is 24.3 Å². The Balaban J connectivity index is 2.21. The Labute approximate surface area is 105 Å². The summed E-state index contributed by atoms with van der Waals surface area (Å²) in [4.78, 5) is 0. The van der Waals surface area contributed by atoms with Gasteiger partial charge in [-0.25, -0.2) is 0 Å². The molecule has 17 heavy (non-hydrogen) atoms. The Morgan fingerprint density at radius 3 is 2.53 bits per heavy atom. The zero-order chi connectivity index (χ0) is 12.5. The molecule has 0 aromatic heterocycles. The van der Waals surface area contributed by atoms with Gasteiger partial charge in [-0.1, -0.05) is 26.0 Å². The molecule has 0 saturated heterocycles. The number of methoxy groups -OCH3 is 1. The number of hydrogen-bond donors (Lipinski definition) is 1. The van der Waals surface area contributed by atoms with Crippen molar-refractivity contribution < 1.29 is 4.74 Å². The molecule has 0 aliphatic carbocycles. The van der Waals surface area contributed by atoms with E-state index in [1.807, 2.05) is 12.1 Å². The highest BCUT2D eigenvalue weighted by Crippen LogP contribution is 2.14. The lowest BCUT2D eigenvalue weighted by atomic mass is 10.0. The quantitative estimate of drug-likeness (QED) is 0.746. The highest BCUT2D eigenvalue weighted by atomic mass is 16.5. The molecular formula is C15H25NO. The fourth-order valence-electron chi connectivity index (χ4n) is 1.94. The molecule has 0 amide bonds. The normalized spacial score (nSPS) is 12.4. The van der Waals surface area contributed by atoms with Crippen molar-refractivity contribution in [3.05, 3.63) is 29.8 Å². The Bertz CT molecular complexity index is 294. The first-order valence-corrected chi connectivity index (χ1v) is 6.60. The van der Waals surface area contributed by atoms with Gasteiger partial charge in [-0.05, 0) is 56.0 Å². The Morgan fingerprint density at radius 1 is 1.24 bits per heavy atom. The van der Waals surface area contributed by atoms with Gasteiger partial charge >= 0.3 is 0 Å². The van der Waals surface area contributed by atoms with Gasteiger partial charge < -0.3 is 10.1 Å². The molecule has 1 aromatic rings. The maximum Gasteiger partial charge on any atom is 0.118 e. The summed E-state index contributed by atoms with van der Waals surface area (Å²) >= 11 is 0. The van der Waals surface area contributed by atoms with Crippen molar-refractivity contribution in [2.75, 3.05) is 20.2 Å². The minimum absolute atomic E-state index is 0.771. The lowest BCUT2D eigenvalue weighted by Gasteiger charge is -2.11. The topological polar surface area (TPSA) is 21.3 Å². The molecule has 1 aromatic carbocycles. The summed E-state index contributed by atoms with van der Waals surface area (Å²) in [5.74, 6) is 1.71. The minimum Gasteiger partial charge on any atom is -0.497 e. The van der Waals surface area contributed by atoms with Crippen molar-refractivity contribution in [2.24, 2.45) is 5.92 Å². The van der Waals surface area contributed by atoms with Gasteiger partial charge in [0.2, 0.25) is 0 Å². The smallest absolute Gasteiger partial charge is 0.118 e. The lowest BCUT2D eigenvalue weighted by molar-refractivity contribution is 0.414. The largest absolute Gasteiger partial charge is 0.497 e. The first-order valence-electron chi connectivity index (χ1n) is 6.60. The van der Waals surface area contributed by atoms with E-state index in [4.69, 9.17) is 4.74 Å². The van der Waals surface area contributed by atoms with Crippen molar-refractivity contribution in [3.63, 3.8) is 0 Å². The van der Waals surface area contributed by atoms with E-state index in [0.717, 1.165) is 24.8 Å². The van der Waals surface area contributed by atoms with Gasteiger partial charge in [0.05, 0.1) is 7.11 Å². The fourth-order valence-corrected chi connectivity index (χ4v) is 1.94. The standard InChI is InChI=1S/C15H25NO/c1-4-16-12-13(2)6-5-7-14-8-10-15(17-3)11-9-14/h8-11,13,16H,4-7,12H2,1-3H3. The van der Waals surface area contributed by atoms with Crippen LogP contribution in [0.5, 0.6) is 5.75 Å². The Kier molecular flexibility index (Phi) is 6.71. The van der Waals surface area contributed by atoms with Crippen LogP contribution in [-0.4, -0.2) is 20.2 Å². The summed E-state index contributed by atoms with van der Waals surface area (Å²) in [5, 5.41) is 3.40. The van der Waals surface area contributed by atoms with E-state index in [1.165, 1.54) is 24.8 Å². The van der Waals surface area contributed by atoms with E-state index in [-0.39, 0.29) is 0 Å². The van der Waals surface area contributed by atoms with Crippen molar-refractivity contribution in [1.82, 2.24) is 5.32 Å². The van der Waals surface area contributed by atoms with Crippen molar-refractivity contribution in [3.8, 4) is 5.75 Å². The van der Waals surface area contributed by atoms with Crippen molar-refractivity contribution >= 4 is 0 Å². The van der Waals surface area contributed by atoms with Crippen molar-refractivity contribution in [2.45, 2.75) is 33.1 Å². The van der Waals surface area contributed by atoms with Crippen LogP contribution >= 0.6 is 0 Å². The summed E-state index contributed by atoms with van der Waals surface area (Å²) in [6.45, 7) is 6.68. The maximum absolute atomic E-state index is 5.15. The van der Waals surface area contributed by atoms with Crippen LogP contribution in [0.2, 0.25) is 0 Å². The van der Waals surface area contributed by atoms with Crippen LogP contribution in [0.4, 0.5) is 0 Å². The van der Waals surface area contributed by atoms with E-state index >= 15 is 0 Å². The third-order valence-electron chi connectivity index (χ3n) is 3.06. The summed E-state index contributed by atoms with van der Waals surface area (Å²) < 4.78 is 5.15. The molecule has 0 fully saturated rings. The fraction of sp³-hybridized carbons (Fsp3) is 0.600. The van der Waals surface area contributed by atoms with E-state index in [2.05, 4.69) is 31.3 Å². The highest BCUT2D eigenvalue weighted by molar-refractivity contribution is 5.27. The summed E-state index contributed by atoms with van der Waals surface area (Å²) in [7, 11) is 1.71. The maximum atomic E-state index is 5.15. The molecule has 0 aliphatic rings. The molecule has 0 bridgehead atoms. The average Bonchev–Trinajstić information content (AvgIpc) is 2.37. The molecule has 0 saturated carbocycles. The van der Waals surface area contributed by atoms with E-state index < -0.39 is 0 Å². The first-order chi connectivity index (χ1) is 8.26. The average molecular weight is 235 g/mol. The summed E-state index contributed by atoms with van der Waals surface area (Å²) in [6.07, 6.45) is 3.72. The third-order valence-corrected chi connectivity index (χ3v) is 3.06.